The zero-order chi connectivity index (χ0) is 9.78. The second-order valence-corrected chi connectivity index (χ2v) is 4.14. The molecule has 0 aliphatic heterocycles. The smallest absolute Gasteiger partial charge is 0.0145 e. The fourth-order valence-corrected chi connectivity index (χ4v) is 1.75. The van der Waals surface area contributed by atoms with E-state index in [4.69, 9.17) is 0 Å². The highest BCUT2D eigenvalue weighted by Crippen LogP contribution is 2.39. The van der Waals surface area contributed by atoms with Crippen molar-refractivity contribution in [1.29, 1.82) is 0 Å². The van der Waals surface area contributed by atoms with E-state index in [0.717, 1.165) is 0 Å². The molecule has 0 N–H and O–H groups in total. The molecule has 0 unspecified atom stereocenters. The molecule has 0 heterocycles. The van der Waals surface area contributed by atoms with Gasteiger partial charge in [-0.1, -0.05) is 38.8 Å². The number of hydrogen-bond donors (Lipinski definition) is 0. The Morgan fingerprint density at radius 3 is 1.92 bits per heavy atom. The molecule has 1 rings (SSSR count). The second-order valence-electron chi connectivity index (χ2n) is 4.14. The average Bonchev–Trinajstić information content (AvgIpc) is 2.04. The number of hydrogen-bond acceptors (Lipinski definition) is 0. The van der Waals surface area contributed by atoms with Crippen LogP contribution in [0.15, 0.2) is 11.1 Å². The highest BCUT2D eigenvalue weighted by molar-refractivity contribution is 5.19. The molecule has 0 aromatic rings. The van der Waals surface area contributed by atoms with E-state index in [2.05, 4.69) is 27.7 Å². The lowest BCUT2D eigenvalue weighted by Gasteiger charge is -2.32. The maximum atomic E-state index is 2.35. The minimum absolute atomic E-state index is 0.488. The fraction of sp³-hybridized carbons (Fsp3) is 0.833. The molecule has 0 radical (unpaired) electrons. The molecule has 12 heavy (non-hydrogen) atoms. The van der Waals surface area contributed by atoms with Gasteiger partial charge in [-0.3, -0.25) is 0 Å². The van der Waals surface area contributed by atoms with Crippen LogP contribution in [0.3, 0.4) is 0 Å². The zero-order valence-corrected chi connectivity index (χ0v) is 9.62. The minimum atomic E-state index is 0.488. The van der Waals surface area contributed by atoms with Gasteiger partial charge in [0.05, 0.1) is 0 Å². The monoisotopic (exact) mass is 168 g/mol. The van der Waals surface area contributed by atoms with Gasteiger partial charge in [0.15, 0.2) is 0 Å². The summed E-state index contributed by atoms with van der Waals surface area (Å²) in [6, 6.07) is 0. The summed E-state index contributed by atoms with van der Waals surface area (Å²) in [6.07, 6.45) is 4.08. The number of rotatable bonds is 0. The summed E-state index contributed by atoms with van der Waals surface area (Å²) in [5, 5.41) is 0. The van der Waals surface area contributed by atoms with Gasteiger partial charge >= 0.3 is 0 Å². The SMILES string of the molecule is CC.CC1=C(C)C(C)(C)CCC1. The lowest BCUT2D eigenvalue weighted by molar-refractivity contribution is 0.367. The van der Waals surface area contributed by atoms with Gasteiger partial charge in [-0.15, -0.1) is 0 Å². The van der Waals surface area contributed by atoms with E-state index in [-0.39, 0.29) is 0 Å². The van der Waals surface area contributed by atoms with Crippen molar-refractivity contribution < 1.29 is 0 Å². The summed E-state index contributed by atoms with van der Waals surface area (Å²) >= 11 is 0. The van der Waals surface area contributed by atoms with Crippen molar-refractivity contribution in [3.8, 4) is 0 Å². The van der Waals surface area contributed by atoms with Crippen LogP contribution in [0.25, 0.3) is 0 Å². The topological polar surface area (TPSA) is 0 Å². The highest BCUT2D eigenvalue weighted by atomic mass is 14.3. The van der Waals surface area contributed by atoms with Gasteiger partial charge in [-0.25, -0.2) is 0 Å². The second kappa shape index (κ2) is 4.69. The van der Waals surface area contributed by atoms with Crippen LogP contribution in [0.5, 0.6) is 0 Å². The average molecular weight is 168 g/mol. The fourth-order valence-electron chi connectivity index (χ4n) is 1.75. The molecule has 0 saturated heterocycles. The highest BCUT2D eigenvalue weighted by Gasteiger charge is 2.24. The van der Waals surface area contributed by atoms with Gasteiger partial charge in [-0.2, -0.15) is 0 Å². The van der Waals surface area contributed by atoms with Crippen LogP contribution < -0.4 is 0 Å². The Bertz CT molecular complexity index is 161. The summed E-state index contributed by atoms with van der Waals surface area (Å²) in [5.74, 6) is 0. The molecular weight excluding hydrogens is 144 g/mol. The molecule has 1 aliphatic rings. The molecule has 0 aromatic heterocycles. The molecule has 0 saturated carbocycles. The normalized spacial score (nSPS) is 21.5. The molecule has 0 spiro atoms. The van der Waals surface area contributed by atoms with Crippen molar-refractivity contribution in [3.05, 3.63) is 11.1 Å². The van der Waals surface area contributed by atoms with Crippen LogP contribution >= 0.6 is 0 Å². The Morgan fingerprint density at radius 1 is 1.08 bits per heavy atom. The third-order valence-corrected chi connectivity index (χ3v) is 3.01. The lowest BCUT2D eigenvalue weighted by Crippen LogP contribution is -2.18. The maximum Gasteiger partial charge on any atom is -0.0145 e. The van der Waals surface area contributed by atoms with Crippen LogP contribution in [0, 0.1) is 5.41 Å². The molecule has 72 valence electrons. The molecule has 0 amide bonds. The third kappa shape index (κ3) is 2.66. The van der Waals surface area contributed by atoms with Crippen molar-refractivity contribution in [2.45, 2.75) is 60.8 Å². The van der Waals surface area contributed by atoms with Crippen molar-refractivity contribution in [3.63, 3.8) is 0 Å². The van der Waals surface area contributed by atoms with Gasteiger partial charge in [0, 0.05) is 0 Å². The largest absolute Gasteiger partial charge is 0.0739 e. The van der Waals surface area contributed by atoms with Gasteiger partial charge < -0.3 is 0 Å². The van der Waals surface area contributed by atoms with E-state index >= 15 is 0 Å². The molecule has 0 atom stereocenters. The van der Waals surface area contributed by atoms with Crippen LogP contribution in [-0.2, 0) is 0 Å². The zero-order valence-electron chi connectivity index (χ0n) is 9.62. The van der Waals surface area contributed by atoms with Gasteiger partial charge in [-0.05, 0) is 38.5 Å². The van der Waals surface area contributed by atoms with Crippen LogP contribution in [0.1, 0.15) is 60.8 Å². The summed E-state index contributed by atoms with van der Waals surface area (Å²) in [6.45, 7) is 13.3. The van der Waals surface area contributed by atoms with Crippen molar-refractivity contribution in [2.24, 2.45) is 5.41 Å². The van der Waals surface area contributed by atoms with E-state index < -0.39 is 0 Å². The predicted octanol–water partition coefficient (Wildman–Crippen LogP) is 4.56. The Hall–Kier alpha value is -0.260. The summed E-state index contributed by atoms with van der Waals surface area (Å²) in [7, 11) is 0. The predicted molar refractivity (Wildman–Crippen MR) is 57.4 cm³/mol. The van der Waals surface area contributed by atoms with E-state index in [1.807, 2.05) is 13.8 Å². The molecule has 1 aliphatic carbocycles. The first kappa shape index (κ1) is 11.7. The first-order valence-electron chi connectivity index (χ1n) is 5.21. The van der Waals surface area contributed by atoms with Gasteiger partial charge in [0.25, 0.3) is 0 Å². The Kier molecular flexibility index (Phi) is 4.59. The Labute approximate surface area is 78.1 Å². The van der Waals surface area contributed by atoms with Gasteiger partial charge in [0.2, 0.25) is 0 Å². The quantitative estimate of drug-likeness (QED) is 0.465. The van der Waals surface area contributed by atoms with Crippen molar-refractivity contribution in [1.82, 2.24) is 0 Å². The summed E-state index contributed by atoms with van der Waals surface area (Å²) < 4.78 is 0. The molecule has 0 aromatic carbocycles. The molecule has 0 bridgehead atoms. The standard InChI is InChI=1S/C10H18.C2H6/c1-8-6-5-7-10(3,4)9(8)2;1-2/h5-7H2,1-4H3;1-2H3. The number of allylic oxidation sites excluding steroid dienone is 2. The van der Waals surface area contributed by atoms with E-state index in [1.165, 1.54) is 19.3 Å². The molecule has 0 nitrogen and oxygen atoms in total. The third-order valence-electron chi connectivity index (χ3n) is 3.01. The van der Waals surface area contributed by atoms with Crippen LogP contribution in [0.2, 0.25) is 0 Å². The first-order valence-corrected chi connectivity index (χ1v) is 5.21. The summed E-state index contributed by atoms with van der Waals surface area (Å²) in [4.78, 5) is 0. The maximum absolute atomic E-state index is 2.35. The van der Waals surface area contributed by atoms with Crippen molar-refractivity contribution >= 4 is 0 Å². The Balaban J connectivity index is 0.000000561. The van der Waals surface area contributed by atoms with Crippen LogP contribution in [-0.4, -0.2) is 0 Å². The first-order chi connectivity index (χ1) is 5.54. The molecular formula is C12H24. The van der Waals surface area contributed by atoms with E-state index in [9.17, 15) is 0 Å². The minimum Gasteiger partial charge on any atom is -0.0739 e. The van der Waals surface area contributed by atoms with Gasteiger partial charge in [0.1, 0.15) is 0 Å². The van der Waals surface area contributed by atoms with E-state index in [0.29, 0.717) is 5.41 Å². The lowest BCUT2D eigenvalue weighted by atomic mass is 9.74. The summed E-state index contributed by atoms with van der Waals surface area (Å²) in [5.41, 5.74) is 3.73. The van der Waals surface area contributed by atoms with E-state index in [1.54, 1.807) is 11.1 Å². The molecule has 0 heteroatoms. The Morgan fingerprint density at radius 2 is 1.58 bits per heavy atom. The molecule has 0 fully saturated rings. The van der Waals surface area contributed by atoms with Crippen molar-refractivity contribution in [2.75, 3.05) is 0 Å². The van der Waals surface area contributed by atoms with Crippen LogP contribution in [0.4, 0.5) is 0 Å².